The maximum atomic E-state index is 5.93. The first-order valence-electron chi connectivity index (χ1n) is 7.75. The van der Waals surface area contributed by atoms with Crippen molar-refractivity contribution >= 4 is 21.4 Å². The highest BCUT2D eigenvalue weighted by Crippen LogP contribution is 2.41. The number of nitrogens with one attached hydrogen (secondary N) is 1. The summed E-state index contributed by atoms with van der Waals surface area (Å²) < 4.78 is 1.37. The summed E-state index contributed by atoms with van der Waals surface area (Å²) in [6.45, 7) is 2.32. The van der Waals surface area contributed by atoms with Crippen LogP contribution in [0.25, 0.3) is 10.1 Å². The standard InChI is InChI=1S/C17H24N2S/c1-2-12-6-5-7-13(10-12)17(19-18)15-11-20-16-9-4-3-8-14(15)16/h3-4,8-9,11-13,17,19H,2,5-7,10,18H2,1H3. The summed E-state index contributed by atoms with van der Waals surface area (Å²) in [5, 5.41) is 3.67. The van der Waals surface area contributed by atoms with Crippen molar-refractivity contribution in [3.05, 3.63) is 35.2 Å². The van der Waals surface area contributed by atoms with Crippen LogP contribution >= 0.6 is 11.3 Å². The lowest BCUT2D eigenvalue weighted by Gasteiger charge is -2.34. The van der Waals surface area contributed by atoms with Crippen molar-refractivity contribution in [1.29, 1.82) is 0 Å². The lowest BCUT2D eigenvalue weighted by molar-refractivity contribution is 0.211. The second-order valence-corrected chi connectivity index (χ2v) is 6.94. The molecule has 1 aromatic heterocycles. The summed E-state index contributed by atoms with van der Waals surface area (Å²) in [7, 11) is 0. The van der Waals surface area contributed by atoms with Crippen molar-refractivity contribution in [3.8, 4) is 0 Å². The fourth-order valence-electron chi connectivity index (χ4n) is 3.73. The summed E-state index contributed by atoms with van der Waals surface area (Å²) in [5.74, 6) is 7.49. The van der Waals surface area contributed by atoms with Gasteiger partial charge >= 0.3 is 0 Å². The molecular weight excluding hydrogens is 264 g/mol. The SMILES string of the molecule is CCC1CCCC(C(NN)c2csc3ccccc23)C1. The van der Waals surface area contributed by atoms with Crippen molar-refractivity contribution in [2.75, 3.05) is 0 Å². The maximum absolute atomic E-state index is 5.93. The minimum atomic E-state index is 0.306. The van der Waals surface area contributed by atoms with Gasteiger partial charge in [-0.15, -0.1) is 11.3 Å². The third-order valence-corrected chi connectivity index (χ3v) is 5.88. The Morgan fingerprint density at radius 2 is 2.20 bits per heavy atom. The zero-order valence-electron chi connectivity index (χ0n) is 12.1. The van der Waals surface area contributed by atoms with E-state index < -0.39 is 0 Å². The average molecular weight is 288 g/mol. The van der Waals surface area contributed by atoms with Gasteiger partial charge in [0.1, 0.15) is 0 Å². The van der Waals surface area contributed by atoms with Crippen LogP contribution in [0.5, 0.6) is 0 Å². The van der Waals surface area contributed by atoms with Crippen molar-refractivity contribution < 1.29 is 0 Å². The number of nitrogens with two attached hydrogens (primary N) is 1. The van der Waals surface area contributed by atoms with Crippen molar-refractivity contribution in [2.45, 2.75) is 45.1 Å². The van der Waals surface area contributed by atoms with Crippen LogP contribution in [-0.2, 0) is 0 Å². The van der Waals surface area contributed by atoms with E-state index >= 15 is 0 Å². The first kappa shape index (κ1) is 14.1. The Hall–Kier alpha value is -0.900. The average Bonchev–Trinajstić information content (AvgIpc) is 2.93. The number of thiophene rings is 1. The van der Waals surface area contributed by atoms with Crippen LogP contribution in [0.2, 0.25) is 0 Å². The molecule has 1 saturated carbocycles. The Kier molecular flexibility index (Phi) is 4.39. The molecule has 0 saturated heterocycles. The predicted octanol–water partition coefficient (Wildman–Crippen LogP) is 4.62. The Balaban J connectivity index is 1.89. The minimum absolute atomic E-state index is 0.306. The second-order valence-electron chi connectivity index (χ2n) is 6.03. The number of hydrogen-bond donors (Lipinski definition) is 2. The van der Waals surface area contributed by atoms with Crippen molar-refractivity contribution in [2.24, 2.45) is 17.7 Å². The largest absolute Gasteiger partial charge is 0.271 e. The van der Waals surface area contributed by atoms with Crippen LogP contribution in [0.4, 0.5) is 0 Å². The summed E-state index contributed by atoms with van der Waals surface area (Å²) in [4.78, 5) is 0. The highest BCUT2D eigenvalue weighted by molar-refractivity contribution is 7.17. The molecular formula is C17H24N2S. The van der Waals surface area contributed by atoms with Gasteiger partial charge in [0.05, 0.1) is 6.04 Å². The molecule has 20 heavy (non-hydrogen) atoms. The van der Waals surface area contributed by atoms with Crippen LogP contribution in [-0.4, -0.2) is 0 Å². The van der Waals surface area contributed by atoms with Gasteiger partial charge < -0.3 is 0 Å². The molecule has 1 fully saturated rings. The van der Waals surface area contributed by atoms with Gasteiger partial charge in [0.25, 0.3) is 0 Å². The third kappa shape index (κ3) is 2.62. The maximum Gasteiger partial charge on any atom is 0.0502 e. The quantitative estimate of drug-likeness (QED) is 0.636. The Morgan fingerprint density at radius 1 is 1.35 bits per heavy atom. The van der Waals surface area contributed by atoms with Crippen LogP contribution in [0.3, 0.4) is 0 Å². The smallest absolute Gasteiger partial charge is 0.0502 e. The van der Waals surface area contributed by atoms with E-state index in [9.17, 15) is 0 Å². The van der Waals surface area contributed by atoms with Crippen LogP contribution < -0.4 is 11.3 Å². The topological polar surface area (TPSA) is 38.0 Å². The molecule has 1 aromatic carbocycles. The van der Waals surface area contributed by atoms with Crippen LogP contribution in [0, 0.1) is 11.8 Å². The molecule has 2 aromatic rings. The molecule has 3 unspecified atom stereocenters. The first-order chi connectivity index (χ1) is 9.83. The zero-order chi connectivity index (χ0) is 13.9. The van der Waals surface area contributed by atoms with Gasteiger partial charge in [-0.3, -0.25) is 11.3 Å². The lowest BCUT2D eigenvalue weighted by Crippen LogP contribution is -2.35. The second kappa shape index (κ2) is 6.25. The molecule has 3 atom stereocenters. The van der Waals surface area contributed by atoms with E-state index in [4.69, 9.17) is 5.84 Å². The van der Waals surface area contributed by atoms with E-state index in [0.717, 1.165) is 5.92 Å². The van der Waals surface area contributed by atoms with E-state index in [1.165, 1.54) is 47.8 Å². The fourth-order valence-corrected chi connectivity index (χ4v) is 4.72. The first-order valence-corrected chi connectivity index (χ1v) is 8.63. The van der Waals surface area contributed by atoms with E-state index in [1.807, 2.05) is 11.3 Å². The number of hydrogen-bond acceptors (Lipinski definition) is 3. The normalized spacial score (nSPS) is 24.9. The molecule has 0 amide bonds. The molecule has 1 heterocycles. The molecule has 0 spiro atoms. The summed E-state index contributed by atoms with van der Waals surface area (Å²) >= 11 is 1.83. The number of hydrazine groups is 1. The molecule has 3 N–H and O–H groups in total. The van der Waals surface area contributed by atoms with Gasteiger partial charge in [0, 0.05) is 4.70 Å². The number of rotatable bonds is 4. The van der Waals surface area contributed by atoms with E-state index in [-0.39, 0.29) is 0 Å². The van der Waals surface area contributed by atoms with E-state index in [0.29, 0.717) is 12.0 Å². The summed E-state index contributed by atoms with van der Waals surface area (Å²) in [6.07, 6.45) is 6.67. The third-order valence-electron chi connectivity index (χ3n) is 4.90. The number of benzene rings is 1. The molecule has 0 aliphatic heterocycles. The molecule has 1 aliphatic carbocycles. The van der Waals surface area contributed by atoms with Crippen molar-refractivity contribution in [3.63, 3.8) is 0 Å². The highest BCUT2D eigenvalue weighted by atomic mass is 32.1. The molecule has 3 heteroatoms. The summed E-state index contributed by atoms with van der Waals surface area (Å²) in [5.41, 5.74) is 4.52. The predicted molar refractivity (Wildman–Crippen MR) is 87.6 cm³/mol. The molecule has 2 nitrogen and oxygen atoms in total. The lowest BCUT2D eigenvalue weighted by atomic mass is 9.75. The molecule has 108 valence electrons. The van der Waals surface area contributed by atoms with E-state index in [1.54, 1.807) is 0 Å². The fraction of sp³-hybridized carbons (Fsp3) is 0.529. The zero-order valence-corrected chi connectivity index (χ0v) is 13.0. The summed E-state index contributed by atoms with van der Waals surface area (Å²) in [6, 6.07) is 8.97. The van der Waals surface area contributed by atoms with Crippen LogP contribution in [0.1, 0.15) is 50.6 Å². The van der Waals surface area contributed by atoms with Gasteiger partial charge in [-0.25, -0.2) is 0 Å². The monoisotopic (exact) mass is 288 g/mol. The van der Waals surface area contributed by atoms with Gasteiger partial charge in [-0.2, -0.15) is 0 Å². The van der Waals surface area contributed by atoms with Gasteiger partial charge in [-0.05, 0) is 47.1 Å². The van der Waals surface area contributed by atoms with Crippen molar-refractivity contribution in [1.82, 2.24) is 5.43 Å². The minimum Gasteiger partial charge on any atom is -0.271 e. The van der Waals surface area contributed by atoms with Gasteiger partial charge in [0.2, 0.25) is 0 Å². The van der Waals surface area contributed by atoms with E-state index in [2.05, 4.69) is 42.0 Å². The van der Waals surface area contributed by atoms with Gasteiger partial charge in [-0.1, -0.05) is 44.4 Å². The Labute approximate surface area is 125 Å². The Bertz CT molecular complexity index is 563. The molecule has 0 radical (unpaired) electrons. The Morgan fingerprint density at radius 3 is 3.00 bits per heavy atom. The molecule has 1 aliphatic rings. The number of fused-ring (bicyclic) bond motifs is 1. The molecule has 0 bridgehead atoms. The highest BCUT2D eigenvalue weighted by Gasteiger charge is 2.29. The van der Waals surface area contributed by atoms with Crippen LogP contribution in [0.15, 0.2) is 29.6 Å². The molecule has 3 rings (SSSR count). The van der Waals surface area contributed by atoms with Gasteiger partial charge in [0.15, 0.2) is 0 Å².